The Morgan fingerprint density at radius 1 is 1.39 bits per heavy atom. The molecule has 4 nitrogen and oxygen atoms in total. The standard InChI is InChI=1S/C14H16N2O2/c1-10-9-13(17)15-16-14(10)12-5-3-11(4-6-12)7-8-18-2/h3-8,10H,9H2,1-2H3,(H,15,17). The summed E-state index contributed by atoms with van der Waals surface area (Å²) in [5, 5.41) is 4.13. The van der Waals surface area contributed by atoms with E-state index in [0.29, 0.717) is 6.42 Å². The Balaban J connectivity index is 2.19. The molecule has 0 bridgehead atoms. The van der Waals surface area contributed by atoms with Gasteiger partial charge in [0.25, 0.3) is 0 Å². The second-order valence-electron chi connectivity index (χ2n) is 4.30. The molecule has 1 aliphatic heterocycles. The summed E-state index contributed by atoms with van der Waals surface area (Å²) in [5.41, 5.74) is 5.56. The number of methoxy groups -OCH3 is 1. The van der Waals surface area contributed by atoms with E-state index in [1.165, 1.54) is 0 Å². The first-order valence-corrected chi connectivity index (χ1v) is 5.87. The topological polar surface area (TPSA) is 50.7 Å². The van der Waals surface area contributed by atoms with Gasteiger partial charge < -0.3 is 4.74 Å². The fourth-order valence-corrected chi connectivity index (χ4v) is 1.91. The third-order valence-electron chi connectivity index (χ3n) is 2.86. The first-order chi connectivity index (χ1) is 8.70. The summed E-state index contributed by atoms with van der Waals surface area (Å²) < 4.78 is 4.87. The SMILES string of the molecule is COC=Cc1ccc(C2=NNC(=O)CC2C)cc1. The molecule has 0 radical (unpaired) electrons. The highest BCUT2D eigenvalue weighted by molar-refractivity contribution is 6.05. The molecule has 0 spiro atoms. The molecule has 0 aromatic heterocycles. The Morgan fingerprint density at radius 3 is 2.72 bits per heavy atom. The second kappa shape index (κ2) is 5.49. The van der Waals surface area contributed by atoms with Gasteiger partial charge in [-0.25, -0.2) is 5.43 Å². The summed E-state index contributed by atoms with van der Waals surface area (Å²) in [5.74, 6) is 0.130. The van der Waals surface area contributed by atoms with Crippen molar-refractivity contribution in [2.45, 2.75) is 13.3 Å². The molecule has 1 aliphatic rings. The lowest BCUT2D eigenvalue weighted by Crippen LogP contribution is -2.31. The van der Waals surface area contributed by atoms with Crippen LogP contribution in [0.25, 0.3) is 6.08 Å². The van der Waals surface area contributed by atoms with Gasteiger partial charge in [0, 0.05) is 12.3 Å². The Labute approximate surface area is 106 Å². The molecular formula is C14H16N2O2. The molecule has 0 saturated heterocycles. The number of hydrogen-bond acceptors (Lipinski definition) is 3. The number of nitrogens with one attached hydrogen (secondary N) is 1. The Morgan fingerprint density at radius 2 is 2.11 bits per heavy atom. The quantitative estimate of drug-likeness (QED) is 0.828. The molecule has 0 fully saturated rings. The molecule has 0 aliphatic carbocycles. The van der Waals surface area contributed by atoms with E-state index >= 15 is 0 Å². The van der Waals surface area contributed by atoms with Crippen molar-refractivity contribution >= 4 is 17.7 Å². The summed E-state index contributed by atoms with van der Waals surface area (Å²) >= 11 is 0. The maximum atomic E-state index is 11.2. The van der Waals surface area contributed by atoms with Crippen LogP contribution in [-0.2, 0) is 9.53 Å². The molecule has 0 saturated carbocycles. The predicted octanol–water partition coefficient (Wildman–Crippen LogP) is 2.16. The van der Waals surface area contributed by atoms with Crippen LogP contribution >= 0.6 is 0 Å². The fraction of sp³-hybridized carbons (Fsp3) is 0.286. The average Bonchev–Trinajstić information content (AvgIpc) is 2.37. The van der Waals surface area contributed by atoms with Crippen molar-refractivity contribution < 1.29 is 9.53 Å². The van der Waals surface area contributed by atoms with Crippen LogP contribution in [0.2, 0.25) is 0 Å². The second-order valence-corrected chi connectivity index (χ2v) is 4.30. The number of carbonyl (C=O) groups is 1. The van der Waals surface area contributed by atoms with Gasteiger partial charge in [0.05, 0.1) is 19.1 Å². The zero-order chi connectivity index (χ0) is 13.0. The van der Waals surface area contributed by atoms with Crippen LogP contribution in [0, 0.1) is 5.92 Å². The van der Waals surface area contributed by atoms with E-state index in [0.717, 1.165) is 16.8 Å². The largest absolute Gasteiger partial charge is 0.504 e. The minimum Gasteiger partial charge on any atom is -0.504 e. The Hall–Kier alpha value is -2.10. The Kier molecular flexibility index (Phi) is 3.77. The van der Waals surface area contributed by atoms with Crippen LogP contribution in [0.4, 0.5) is 0 Å². The van der Waals surface area contributed by atoms with E-state index in [9.17, 15) is 4.79 Å². The van der Waals surface area contributed by atoms with Crippen LogP contribution < -0.4 is 5.43 Å². The smallest absolute Gasteiger partial charge is 0.240 e. The van der Waals surface area contributed by atoms with E-state index in [4.69, 9.17) is 4.74 Å². The van der Waals surface area contributed by atoms with Crippen LogP contribution in [0.3, 0.4) is 0 Å². The molecule has 94 valence electrons. The minimum atomic E-state index is -0.0223. The first kappa shape index (κ1) is 12.4. The van der Waals surface area contributed by atoms with Gasteiger partial charge in [0.1, 0.15) is 0 Å². The molecule has 1 amide bonds. The van der Waals surface area contributed by atoms with Crippen molar-refractivity contribution in [2.75, 3.05) is 7.11 Å². The third kappa shape index (κ3) is 2.77. The average molecular weight is 244 g/mol. The molecule has 1 aromatic carbocycles. The summed E-state index contributed by atoms with van der Waals surface area (Å²) in [7, 11) is 1.62. The summed E-state index contributed by atoms with van der Waals surface area (Å²) in [6.07, 6.45) is 4.01. The van der Waals surface area contributed by atoms with E-state index < -0.39 is 0 Å². The number of hydrogen-bond donors (Lipinski definition) is 1. The van der Waals surface area contributed by atoms with Crippen molar-refractivity contribution in [3.8, 4) is 0 Å². The van der Waals surface area contributed by atoms with Gasteiger partial charge in [-0.05, 0) is 17.2 Å². The lowest BCUT2D eigenvalue weighted by atomic mass is 9.93. The summed E-state index contributed by atoms with van der Waals surface area (Å²) in [4.78, 5) is 11.2. The minimum absolute atomic E-state index is 0.0223. The van der Waals surface area contributed by atoms with Gasteiger partial charge in [-0.1, -0.05) is 31.2 Å². The lowest BCUT2D eigenvalue weighted by Gasteiger charge is -2.19. The molecule has 1 N–H and O–H groups in total. The monoisotopic (exact) mass is 244 g/mol. The highest BCUT2D eigenvalue weighted by Crippen LogP contribution is 2.17. The van der Waals surface area contributed by atoms with Gasteiger partial charge >= 0.3 is 0 Å². The zero-order valence-corrected chi connectivity index (χ0v) is 10.5. The molecule has 2 rings (SSSR count). The highest BCUT2D eigenvalue weighted by atomic mass is 16.5. The van der Waals surface area contributed by atoms with Crippen molar-refractivity contribution in [1.82, 2.24) is 5.43 Å². The van der Waals surface area contributed by atoms with Crippen molar-refractivity contribution in [2.24, 2.45) is 11.0 Å². The summed E-state index contributed by atoms with van der Waals surface area (Å²) in [6.45, 7) is 2.01. The number of nitrogens with zero attached hydrogens (tertiary/aromatic N) is 1. The summed E-state index contributed by atoms with van der Waals surface area (Å²) in [6, 6.07) is 8.00. The molecule has 1 unspecified atom stereocenters. The third-order valence-corrected chi connectivity index (χ3v) is 2.86. The zero-order valence-electron chi connectivity index (χ0n) is 10.5. The fourth-order valence-electron chi connectivity index (χ4n) is 1.91. The first-order valence-electron chi connectivity index (χ1n) is 5.87. The van der Waals surface area contributed by atoms with Crippen molar-refractivity contribution in [3.63, 3.8) is 0 Å². The highest BCUT2D eigenvalue weighted by Gasteiger charge is 2.21. The molecule has 4 heteroatoms. The van der Waals surface area contributed by atoms with E-state index in [-0.39, 0.29) is 11.8 Å². The number of benzene rings is 1. The number of amides is 1. The van der Waals surface area contributed by atoms with E-state index in [2.05, 4.69) is 10.5 Å². The van der Waals surface area contributed by atoms with Crippen LogP contribution in [0.15, 0.2) is 35.6 Å². The Bertz CT molecular complexity index is 489. The van der Waals surface area contributed by atoms with E-state index in [1.807, 2.05) is 37.3 Å². The molecule has 1 heterocycles. The van der Waals surface area contributed by atoms with Gasteiger partial charge in [-0.3, -0.25) is 4.79 Å². The van der Waals surface area contributed by atoms with Crippen LogP contribution in [0.5, 0.6) is 0 Å². The van der Waals surface area contributed by atoms with Gasteiger partial charge in [-0.2, -0.15) is 5.10 Å². The maximum Gasteiger partial charge on any atom is 0.240 e. The van der Waals surface area contributed by atoms with Crippen molar-refractivity contribution in [3.05, 3.63) is 41.7 Å². The predicted molar refractivity (Wildman–Crippen MR) is 70.9 cm³/mol. The molecule has 1 atom stereocenters. The number of carbonyl (C=O) groups excluding carboxylic acids is 1. The van der Waals surface area contributed by atoms with Crippen molar-refractivity contribution in [1.29, 1.82) is 0 Å². The van der Waals surface area contributed by atoms with Gasteiger partial charge in [0.15, 0.2) is 0 Å². The van der Waals surface area contributed by atoms with Gasteiger partial charge in [-0.15, -0.1) is 0 Å². The molecule has 18 heavy (non-hydrogen) atoms. The van der Waals surface area contributed by atoms with Gasteiger partial charge in [0.2, 0.25) is 5.91 Å². The number of hydrazone groups is 1. The molecule has 1 aromatic rings. The molecular weight excluding hydrogens is 228 g/mol. The van der Waals surface area contributed by atoms with Crippen LogP contribution in [-0.4, -0.2) is 18.7 Å². The number of rotatable bonds is 3. The normalized spacial score (nSPS) is 19.6. The lowest BCUT2D eigenvalue weighted by molar-refractivity contribution is -0.121. The van der Waals surface area contributed by atoms with E-state index in [1.54, 1.807) is 13.4 Å². The number of ether oxygens (including phenoxy) is 1. The van der Waals surface area contributed by atoms with Crippen LogP contribution in [0.1, 0.15) is 24.5 Å². The maximum absolute atomic E-state index is 11.2.